The van der Waals surface area contributed by atoms with Crippen LogP contribution in [-0.2, 0) is 15.0 Å². The van der Waals surface area contributed by atoms with Crippen LogP contribution < -0.4 is 9.62 Å². The summed E-state index contributed by atoms with van der Waals surface area (Å²) in [7, 11) is -3.77. The maximum atomic E-state index is 12.9. The van der Waals surface area contributed by atoms with Crippen LogP contribution in [0.3, 0.4) is 0 Å². The summed E-state index contributed by atoms with van der Waals surface area (Å²) in [6.45, 7) is 0.762. The molecular weight excluding hydrogens is 301 g/mol. The Kier molecular flexibility index (Phi) is 4.76. The minimum atomic E-state index is -3.77. The van der Waals surface area contributed by atoms with Gasteiger partial charge in [0.1, 0.15) is 12.4 Å². The normalized spacial score (nSPS) is 16.9. The molecule has 1 saturated heterocycles. The summed E-state index contributed by atoms with van der Waals surface area (Å²) in [5, 5.41) is 8.50. The number of carboxylic acid groups (broad SMARTS) is 1. The van der Waals surface area contributed by atoms with Gasteiger partial charge in [-0.05, 0) is 24.3 Å². The van der Waals surface area contributed by atoms with Crippen molar-refractivity contribution in [2.24, 2.45) is 0 Å². The highest BCUT2D eigenvalue weighted by atomic mass is 32.2. The van der Waals surface area contributed by atoms with Gasteiger partial charge in [0.25, 0.3) is 10.2 Å². The van der Waals surface area contributed by atoms with Crippen LogP contribution in [0.1, 0.15) is 0 Å². The van der Waals surface area contributed by atoms with Crippen LogP contribution in [0.15, 0.2) is 24.3 Å². The Morgan fingerprint density at radius 3 is 2.29 bits per heavy atom. The van der Waals surface area contributed by atoms with E-state index in [2.05, 4.69) is 0 Å². The Labute approximate surface area is 122 Å². The van der Waals surface area contributed by atoms with Gasteiger partial charge in [-0.15, -0.1) is 0 Å². The van der Waals surface area contributed by atoms with Gasteiger partial charge in [-0.25, -0.2) is 4.39 Å². The fourth-order valence-electron chi connectivity index (χ4n) is 2.08. The summed E-state index contributed by atoms with van der Waals surface area (Å²) in [4.78, 5) is 12.4. The number of benzene rings is 1. The summed E-state index contributed by atoms with van der Waals surface area (Å²) in [5.41, 5.74) is 0.826. The molecule has 1 fully saturated rings. The summed E-state index contributed by atoms with van der Waals surface area (Å²) >= 11 is 0. The molecule has 0 radical (unpaired) electrons. The molecule has 0 bridgehead atoms. The van der Waals surface area contributed by atoms with Gasteiger partial charge in [0, 0.05) is 31.9 Å². The first-order valence-corrected chi connectivity index (χ1v) is 7.79. The van der Waals surface area contributed by atoms with Gasteiger partial charge in [0.05, 0.1) is 0 Å². The molecule has 21 heavy (non-hydrogen) atoms. The van der Waals surface area contributed by atoms with E-state index in [-0.39, 0.29) is 18.9 Å². The highest BCUT2D eigenvalue weighted by Crippen LogP contribution is 2.17. The second-order valence-corrected chi connectivity index (χ2v) is 6.34. The van der Waals surface area contributed by atoms with Gasteiger partial charge in [-0.3, -0.25) is 4.79 Å². The molecule has 9 heteroatoms. The largest absolute Gasteiger partial charge is 0.480 e. The highest BCUT2D eigenvalue weighted by molar-refractivity contribution is 7.87. The number of nitrogens with zero attached hydrogens (tertiary/aromatic N) is 2. The Morgan fingerprint density at radius 2 is 1.76 bits per heavy atom. The first-order chi connectivity index (χ1) is 9.88. The zero-order valence-corrected chi connectivity index (χ0v) is 12.0. The van der Waals surface area contributed by atoms with E-state index < -0.39 is 22.7 Å². The molecule has 0 saturated carbocycles. The van der Waals surface area contributed by atoms with Crippen molar-refractivity contribution in [1.82, 2.24) is 9.03 Å². The van der Waals surface area contributed by atoms with Crippen LogP contribution in [0, 0.1) is 5.82 Å². The molecule has 1 aliphatic rings. The molecule has 2 N–H and O–H groups in total. The SMILES string of the molecule is O=C(O)CNS(=O)(=O)N1CCN(c2ccc(F)cc2)CC1. The minimum absolute atomic E-state index is 0.242. The number of hydrogen-bond donors (Lipinski definition) is 2. The Morgan fingerprint density at radius 1 is 1.19 bits per heavy atom. The van der Waals surface area contributed by atoms with Gasteiger partial charge in [-0.2, -0.15) is 17.4 Å². The van der Waals surface area contributed by atoms with Crippen molar-refractivity contribution in [1.29, 1.82) is 0 Å². The van der Waals surface area contributed by atoms with E-state index in [0.717, 1.165) is 5.69 Å². The predicted octanol–water partition coefficient (Wildman–Crippen LogP) is -0.133. The molecule has 0 atom stereocenters. The van der Waals surface area contributed by atoms with Crippen LogP contribution >= 0.6 is 0 Å². The number of rotatable bonds is 5. The first-order valence-electron chi connectivity index (χ1n) is 6.35. The van der Waals surface area contributed by atoms with Crippen molar-refractivity contribution in [2.75, 3.05) is 37.6 Å². The van der Waals surface area contributed by atoms with Crippen LogP contribution in [-0.4, -0.2) is 56.5 Å². The topological polar surface area (TPSA) is 89.9 Å². The maximum Gasteiger partial charge on any atom is 0.318 e. The zero-order chi connectivity index (χ0) is 15.5. The van der Waals surface area contributed by atoms with Crippen molar-refractivity contribution in [2.45, 2.75) is 0 Å². The van der Waals surface area contributed by atoms with E-state index in [1.54, 1.807) is 12.1 Å². The lowest BCUT2D eigenvalue weighted by Gasteiger charge is -2.35. The second kappa shape index (κ2) is 6.37. The average Bonchev–Trinajstić information content (AvgIpc) is 2.46. The molecule has 1 heterocycles. The smallest absolute Gasteiger partial charge is 0.318 e. The van der Waals surface area contributed by atoms with E-state index in [1.165, 1.54) is 16.4 Å². The number of piperazine rings is 1. The number of carbonyl (C=O) groups is 1. The number of halogens is 1. The van der Waals surface area contributed by atoms with Crippen LogP contribution in [0.4, 0.5) is 10.1 Å². The van der Waals surface area contributed by atoms with Gasteiger partial charge >= 0.3 is 5.97 Å². The minimum Gasteiger partial charge on any atom is -0.480 e. The molecule has 7 nitrogen and oxygen atoms in total. The number of carboxylic acids is 1. The maximum absolute atomic E-state index is 12.9. The Hall–Kier alpha value is -1.71. The van der Waals surface area contributed by atoms with Crippen LogP contribution in [0.5, 0.6) is 0 Å². The highest BCUT2D eigenvalue weighted by Gasteiger charge is 2.27. The lowest BCUT2D eigenvalue weighted by atomic mass is 10.2. The van der Waals surface area contributed by atoms with Gasteiger partial charge < -0.3 is 10.0 Å². The van der Waals surface area contributed by atoms with Crippen molar-refractivity contribution in [3.8, 4) is 0 Å². The Balaban J connectivity index is 1.93. The molecule has 0 aliphatic carbocycles. The van der Waals surface area contributed by atoms with Crippen LogP contribution in [0.25, 0.3) is 0 Å². The molecule has 0 aromatic heterocycles. The lowest BCUT2D eigenvalue weighted by Crippen LogP contribution is -2.52. The van der Waals surface area contributed by atoms with E-state index in [9.17, 15) is 17.6 Å². The number of anilines is 1. The van der Waals surface area contributed by atoms with E-state index in [1.807, 2.05) is 9.62 Å². The van der Waals surface area contributed by atoms with Crippen molar-refractivity contribution >= 4 is 21.9 Å². The third-order valence-corrected chi connectivity index (χ3v) is 4.73. The standard InChI is InChI=1S/C12H16FN3O4S/c13-10-1-3-11(4-2-10)15-5-7-16(8-6-15)21(19,20)14-9-12(17)18/h1-4,14H,5-9H2,(H,17,18). The molecule has 0 amide bonds. The average molecular weight is 317 g/mol. The number of nitrogens with one attached hydrogen (secondary N) is 1. The summed E-state index contributed by atoms with van der Waals surface area (Å²) in [6, 6.07) is 5.99. The van der Waals surface area contributed by atoms with Crippen molar-refractivity contribution in [3.63, 3.8) is 0 Å². The molecule has 116 valence electrons. The summed E-state index contributed by atoms with van der Waals surface area (Å²) in [5.74, 6) is -1.55. The predicted molar refractivity (Wildman–Crippen MR) is 74.7 cm³/mol. The summed E-state index contributed by atoms with van der Waals surface area (Å²) < 4.78 is 39.8. The fourth-order valence-corrected chi connectivity index (χ4v) is 3.22. The number of aliphatic carboxylic acids is 1. The molecular formula is C12H16FN3O4S. The zero-order valence-electron chi connectivity index (χ0n) is 11.2. The van der Waals surface area contributed by atoms with Gasteiger partial charge in [0.15, 0.2) is 0 Å². The van der Waals surface area contributed by atoms with Crippen molar-refractivity contribution < 1.29 is 22.7 Å². The summed E-state index contributed by atoms with van der Waals surface area (Å²) in [6.07, 6.45) is 0. The van der Waals surface area contributed by atoms with E-state index in [4.69, 9.17) is 5.11 Å². The molecule has 0 unspecified atom stereocenters. The lowest BCUT2D eigenvalue weighted by molar-refractivity contribution is -0.135. The van der Waals surface area contributed by atoms with Crippen molar-refractivity contribution in [3.05, 3.63) is 30.1 Å². The number of hydrogen-bond acceptors (Lipinski definition) is 4. The van der Waals surface area contributed by atoms with Gasteiger partial charge in [0.2, 0.25) is 0 Å². The monoisotopic (exact) mass is 317 g/mol. The quantitative estimate of drug-likeness (QED) is 0.789. The van der Waals surface area contributed by atoms with E-state index in [0.29, 0.717) is 13.1 Å². The second-order valence-electron chi connectivity index (χ2n) is 4.58. The fraction of sp³-hybridized carbons (Fsp3) is 0.417. The molecule has 1 aliphatic heterocycles. The van der Waals surface area contributed by atoms with E-state index >= 15 is 0 Å². The third-order valence-electron chi connectivity index (χ3n) is 3.18. The Bertz CT molecular complexity index is 597. The van der Waals surface area contributed by atoms with Crippen LogP contribution in [0.2, 0.25) is 0 Å². The third kappa shape index (κ3) is 4.13. The van der Waals surface area contributed by atoms with Gasteiger partial charge in [-0.1, -0.05) is 0 Å². The molecule has 2 rings (SSSR count). The molecule has 1 aromatic carbocycles. The first kappa shape index (κ1) is 15.7. The molecule has 0 spiro atoms. The molecule has 1 aromatic rings.